The summed E-state index contributed by atoms with van der Waals surface area (Å²) in [6.07, 6.45) is 1.96. The van der Waals surface area contributed by atoms with Crippen molar-refractivity contribution in [3.63, 3.8) is 0 Å². The summed E-state index contributed by atoms with van der Waals surface area (Å²) in [6.45, 7) is 2.48. The molecule has 0 aromatic heterocycles. The van der Waals surface area contributed by atoms with Crippen LogP contribution in [-0.4, -0.2) is 18.2 Å². The predicted molar refractivity (Wildman–Crippen MR) is 108 cm³/mol. The van der Waals surface area contributed by atoms with E-state index < -0.39 is 0 Å². The zero-order chi connectivity index (χ0) is 17.8. The Morgan fingerprint density at radius 2 is 1.80 bits per heavy atom. The van der Waals surface area contributed by atoms with Gasteiger partial charge in [-0.05, 0) is 62.2 Å². The molecule has 1 fully saturated rings. The van der Waals surface area contributed by atoms with Crippen molar-refractivity contribution in [3.05, 3.63) is 52.0 Å². The molecule has 0 bridgehead atoms. The van der Waals surface area contributed by atoms with Crippen molar-refractivity contribution < 1.29 is 0 Å². The average Bonchev–Trinajstić information content (AvgIpc) is 3.36. The van der Waals surface area contributed by atoms with E-state index in [0.29, 0.717) is 16.7 Å². The van der Waals surface area contributed by atoms with Crippen LogP contribution in [0.2, 0.25) is 5.02 Å². The third-order valence-electron chi connectivity index (χ3n) is 4.98. The molecule has 2 aromatic rings. The highest BCUT2D eigenvalue weighted by Gasteiger charge is 2.53. The van der Waals surface area contributed by atoms with Gasteiger partial charge < -0.3 is 4.90 Å². The van der Waals surface area contributed by atoms with Gasteiger partial charge in [-0.25, -0.2) is 0 Å². The summed E-state index contributed by atoms with van der Waals surface area (Å²) in [5, 5.41) is 17.7. The van der Waals surface area contributed by atoms with Crippen molar-refractivity contribution >= 4 is 56.3 Å². The zero-order valence-electron chi connectivity index (χ0n) is 13.8. The molecule has 1 spiro atoms. The maximum Gasteiger partial charge on any atom is 0.114 e. The largest absolute Gasteiger partial charge is 0.339 e. The second kappa shape index (κ2) is 5.85. The van der Waals surface area contributed by atoms with Gasteiger partial charge in [0.1, 0.15) is 11.7 Å². The SMILES string of the molecule is CC(=N)N1C(=N)C2(CC2)CN(c2ccc(Cl)cc2)c2cc(Br)ccc21. The van der Waals surface area contributed by atoms with Crippen LogP contribution in [0.25, 0.3) is 0 Å². The van der Waals surface area contributed by atoms with E-state index in [2.05, 4.69) is 26.9 Å². The lowest BCUT2D eigenvalue weighted by Gasteiger charge is -2.27. The third kappa shape index (κ3) is 2.75. The maximum atomic E-state index is 8.78. The molecule has 1 aliphatic carbocycles. The van der Waals surface area contributed by atoms with Gasteiger partial charge in [0.2, 0.25) is 0 Å². The molecule has 0 unspecified atom stereocenters. The monoisotopic (exact) mass is 416 g/mol. The van der Waals surface area contributed by atoms with E-state index >= 15 is 0 Å². The number of hydrogen-bond acceptors (Lipinski definition) is 3. The summed E-state index contributed by atoms with van der Waals surface area (Å²) in [5.74, 6) is 0.901. The molecule has 0 radical (unpaired) electrons. The number of rotatable bonds is 1. The Morgan fingerprint density at radius 1 is 1.12 bits per heavy atom. The first kappa shape index (κ1) is 16.6. The summed E-state index contributed by atoms with van der Waals surface area (Å²) >= 11 is 9.64. The van der Waals surface area contributed by atoms with Gasteiger partial charge in [-0.1, -0.05) is 27.5 Å². The van der Waals surface area contributed by atoms with Crippen LogP contribution >= 0.6 is 27.5 Å². The number of benzene rings is 2. The fourth-order valence-electron chi connectivity index (χ4n) is 3.47. The van der Waals surface area contributed by atoms with Gasteiger partial charge >= 0.3 is 0 Å². The lowest BCUT2D eigenvalue weighted by Crippen LogP contribution is -2.40. The Labute approximate surface area is 160 Å². The number of anilines is 3. The summed E-state index contributed by atoms with van der Waals surface area (Å²) in [6, 6.07) is 13.8. The average molecular weight is 418 g/mol. The number of amidine groups is 2. The molecule has 1 aliphatic heterocycles. The van der Waals surface area contributed by atoms with Crippen LogP contribution in [0.3, 0.4) is 0 Å². The quantitative estimate of drug-likeness (QED) is 0.454. The highest BCUT2D eigenvalue weighted by atomic mass is 79.9. The highest BCUT2D eigenvalue weighted by Crippen LogP contribution is 2.54. The van der Waals surface area contributed by atoms with Gasteiger partial charge in [-0.15, -0.1) is 0 Å². The smallest absolute Gasteiger partial charge is 0.114 e. The molecule has 0 saturated heterocycles. The molecule has 0 amide bonds. The van der Waals surface area contributed by atoms with Gasteiger partial charge in [-0.2, -0.15) is 0 Å². The molecule has 1 saturated carbocycles. The number of nitrogens with one attached hydrogen (secondary N) is 2. The van der Waals surface area contributed by atoms with Crippen molar-refractivity contribution in [3.8, 4) is 0 Å². The Morgan fingerprint density at radius 3 is 2.40 bits per heavy atom. The molecule has 128 valence electrons. The van der Waals surface area contributed by atoms with Crippen molar-refractivity contribution in [2.75, 3.05) is 16.3 Å². The van der Waals surface area contributed by atoms with Crippen LogP contribution < -0.4 is 9.80 Å². The number of halogens is 2. The molecule has 2 N–H and O–H groups in total. The topological polar surface area (TPSA) is 54.2 Å². The normalized spacial score (nSPS) is 18.1. The molecule has 4 rings (SSSR count). The molecule has 1 heterocycles. The van der Waals surface area contributed by atoms with Gasteiger partial charge in [0.15, 0.2) is 0 Å². The van der Waals surface area contributed by atoms with Crippen molar-refractivity contribution in [1.29, 1.82) is 10.8 Å². The second-order valence-electron chi connectivity index (χ2n) is 6.75. The van der Waals surface area contributed by atoms with Crippen LogP contribution in [0, 0.1) is 16.2 Å². The van der Waals surface area contributed by atoms with Crippen LogP contribution in [0.4, 0.5) is 17.1 Å². The number of fused-ring (bicyclic) bond motifs is 1. The lowest BCUT2D eigenvalue weighted by molar-refractivity contribution is 0.691. The molecule has 2 aliphatic rings. The molecule has 25 heavy (non-hydrogen) atoms. The van der Waals surface area contributed by atoms with Crippen molar-refractivity contribution in [2.24, 2.45) is 5.41 Å². The Kier molecular flexibility index (Phi) is 3.89. The maximum absolute atomic E-state index is 8.78. The fourth-order valence-corrected chi connectivity index (χ4v) is 3.94. The molecule has 0 atom stereocenters. The molecule has 6 heteroatoms. The van der Waals surface area contributed by atoms with E-state index in [9.17, 15) is 0 Å². The van der Waals surface area contributed by atoms with E-state index in [-0.39, 0.29) is 5.41 Å². The Hall–Kier alpha value is -1.85. The third-order valence-corrected chi connectivity index (χ3v) is 5.73. The van der Waals surface area contributed by atoms with E-state index in [1.54, 1.807) is 11.8 Å². The summed E-state index contributed by atoms with van der Waals surface area (Å²) < 4.78 is 0.978. The highest BCUT2D eigenvalue weighted by molar-refractivity contribution is 9.10. The first-order chi connectivity index (χ1) is 11.9. The van der Waals surface area contributed by atoms with E-state index in [0.717, 1.165) is 40.9 Å². The molecular formula is C19H18BrClN4. The van der Waals surface area contributed by atoms with Crippen molar-refractivity contribution in [2.45, 2.75) is 19.8 Å². The number of nitrogens with zero attached hydrogens (tertiary/aromatic N) is 2. The zero-order valence-corrected chi connectivity index (χ0v) is 16.2. The second-order valence-corrected chi connectivity index (χ2v) is 8.10. The first-order valence-corrected chi connectivity index (χ1v) is 9.35. The van der Waals surface area contributed by atoms with Gasteiger partial charge in [0, 0.05) is 27.1 Å². The molecular weight excluding hydrogens is 400 g/mol. The Balaban J connectivity index is 1.93. The Bertz CT molecular complexity index is 873. The minimum absolute atomic E-state index is 0.187. The summed E-state index contributed by atoms with van der Waals surface area (Å²) in [4.78, 5) is 4.03. The van der Waals surface area contributed by atoms with Crippen LogP contribution in [0.5, 0.6) is 0 Å². The van der Waals surface area contributed by atoms with Gasteiger partial charge in [0.05, 0.1) is 11.4 Å². The van der Waals surface area contributed by atoms with Crippen LogP contribution in [0.15, 0.2) is 46.9 Å². The van der Waals surface area contributed by atoms with E-state index in [4.69, 9.17) is 22.4 Å². The van der Waals surface area contributed by atoms with Crippen LogP contribution in [0.1, 0.15) is 19.8 Å². The van der Waals surface area contributed by atoms with Gasteiger partial charge in [-0.3, -0.25) is 15.7 Å². The van der Waals surface area contributed by atoms with Gasteiger partial charge in [0.25, 0.3) is 0 Å². The predicted octanol–water partition coefficient (Wildman–Crippen LogP) is 5.82. The standard InChI is InChI=1S/C19H18BrClN4/c1-12(22)25-16-7-2-13(20)10-17(16)24(11-19(8-9-19)18(25)23)15-5-3-14(21)4-6-15/h2-7,10,22-23H,8-9,11H2,1H3. The summed E-state index contributed by atoms with van der Waals surface area (Å²) in [5.41, 5.74) is 2.73. The fraction of sp³-hybridized carbons (Fsp3) is 0.263. The molecule has 2 aromatic carbocycles. The first-order valence-electron chi connectivity index (χ1n) is 8.18. The lowest BCUT2D eigenvalue weighted by atomic mass is 10.0. The minimum Gasteiger partial charge on any atom is -0.339 e. The van der Waals surface area contributed by atoms with Crippen molar-refractivity contribution in [1.82, 2.24) is 0 Å². The molecule has 4 nitrogen and oxygen atoms in total. The van der Waals surface area contributed by atoms with E-state index in [1.165, 1.54) is 0 Å². The summed E-state index contributed by atoms with van der Waals surface area (Å²) in [7, 11) is 0. The number of hydrogen-bond donors (Lipinski definition) is 2. The minimum atomic E-state index is -0.187. The van der Waals surface area contributed by atoms with E-state index in [1.807, 2.05) is 36.4 Å². The van der Waals surface area contributed by atoms with Crippen LogP contribution in [-0.2, 0) is 0 Å².